The van der Waals surface area contributed by atoms with Crippen LogP contribution in [0, 0.1) is 0 Å². The van der Waals surface area contributed by atoms with Crippen LogP contribution in [0.1, 0.15) is 0 Å². The second kappa shape index (κ2) is 7.01. The fraction of sp³-hybridized carbons (Fsp3) is 0. The quantitative estimate of drug-likeness (QED) is 0.317. The number of halogens is 2. The molecule has 2 N–H and O–H groups in total. The van der Waals surface area contributed by atoms with Gasteiger partial charge in [-0.25, -0.2) is 9.97 Å². The van der Waals surface area contributed by atoms with Crippen LogP contribution in [0.2, 0.25) is 0 Å². The highest BCUT2D eigenvalue weighted by molar-refractivity contribution is 9.10. The largest absolute Gasteiger partial charge is 0.368 e. The van der Waals surface area contributed by atoms with Gasteiger partial charge < -0.3 is 5.73 Å². The molecule has 0 saturated heterocycles. The predicted octanol–water partition coefficient (Wildman–Crippen LogP) is 5.48. The number of hydrogen-bond acceptors (Lipinski definition) is 5. The Labute approximate surface area is 167 Å². The number of nitrogen functional groups attached to an aromatic ring is 1. The lowest BCUT2D eigenvalue weighted by Gasteiger charge is -2.18. The zero-order valence-corrected chi connectivity index (χ0v) is 16.6. The average Bonchev–Trinajstić information content (AvgIpc) is 2.68. The second-order valence-corrected chi connectivity index (χ2v) is 7.11. The van der Waals surface area contributed by atoms with E-state index in [1.165, 1.54) is 0 Å². The fourth-order valence-corrected chi connectivity index (χ4v) is 3.49. The average molecular weight is 471 g/mol. The summed E-state index contributed by atoms with van der Waals surface area (Å²) in [6.07, 6.45) is 1.81. The molecule has 26 heavy (non-hydrogen) atoms. The molecule has 7 heteroatoms. The molecule has 0 fully saturated rings. The van der Waals surface area contributed by atoms with E-state index in [1.54, 1.807) is 6.20 Å². The molecular weight excluding hydrogens is 458 g/mol. The van der Waals surface area contributed by atoms with Gasteiger partial charge in [-0.15, -0.1) is 0 Å². The first-order valence-corrected chi connectivity index (χ1v) is 9.33. The van der Waals surface area contributed by atoms with Gasteiger partial charge in [0.05, 0.1) is 27.4 Å². The minimum absolute atomic E-state index is 0.213. The molecular formula is C19H13Br2N5. The Morgan fingerprint density at radius 1 is 0.885 bits per heavy atom. The number of hydrogen-bond donors (Lipinski definition) is 1. The number of fused-ring (bicyclic) bond motifs is 1. The van der Waals surface area contributed by atoms with Crippen LogP contribution in [-0.2, 0) is 0 Å². The number of aromatic nitrogens is 3. The van der Waals surface area contributed by atoms with E-state index in [0.717, 1.165) is 32.3 Å². The lowest BCUT2D eigenvalue weighted by molar-refractivity contribution is 1.21. The van der Waals surface area contributed by atoms with E-state index in [2.05, 4.69) is 47.0 Å². The molecule has 0 atom stereocenters. The number of rotatable bonds is 3. The molecule has 0 saturated carbocycles. The monoisotopic (exact) mass is 469 g/mol. The molecule has 0 aliphatic rings. The Hall–Kier alpha value is -2.51. The highest BCUT2D eigenvalue weighted by Crippen LogP contribution is 2.36. The van der Waals surface area contributed by atoms with E-state index >= 15 is 0 Å². The van der Waals surface area contributed by atoms with Crippen molar-refractivity contribution in [2.24, 2.45) is 0 Å². The van der Waals surface area contributed by atoms with Crippen LogP contribution in [0.3, 0.4) is 0 Å². The van der Waals surface area contributed by atoms with Crippen molar-refractivity contribution in [3.8, 4) is 11.1 Å². The molecule has 4 aromatic rings. The van der Waals surface area contributed by atoms with Crippen molar-refractivity contribution >= 4 is 60.4 Å². The molecule has 0 aliphatic carbocycles. The number of nitrogens with two attached hydrogens (primary N) is 1. The number of para-hydroxylation sites is 2. The predicted molar refractivity (Wildman–Crippen MR) is 112 cm³/mol. The summed E-state index contributed by atoms with van der Waals surface area (Å²) in [5.74, 6) is 0.899. The van der Waals surface area contributed by atoms with Crippen LogP contribution >= 0.6 is 32.1 Å². The Morgan fingerprint density at radius 2 is 1.69 bits per heavy atom. The van der Waals surface area contributed by atoms with Gasteiger partial charge in [-0.05, 0) is 40.2 Å². The van der Waals surface area contributed by atoms with Gasteiger partial charge >= 0.3 is 0 Å². The van der Waals surface area contributed by atoms with Crippen molar-refractivity contribution in [2.75, 3.05) is 9.66 Å². The molecule has 0 unspecified atom stereocenters. The zero-order chi connectivity index (χ0) is 18.1. The molecule has 2 aromatic carbocycles. The summed E-state index contributed by atoms with van der Waals surface area (Å²) in [7, 11) is 0. The third-order valence-electron chi connectivity index (χ3n) is 3.93. The van der Waals surface area contributed by atoms with Gasteiger partial charge in [-0.1, -0.05) is 36.4 Å². The summed E-state index contributed by atoms with van der Waals surface area (Å²) in [5.41, 5.74) is 9.66. The molecule has 2 aromatic heterocycles. The first kappa shape index (κ1) is 16.9. The maximum atomic E-state index is 6.02. The maximum Gasteiger partial charge on any atom is 0.222 e. The third-order valence-corrected chi connectivity index (χ3v) is 5.15. The van der Waals surface area contributed by atoms with Gasteiger partial charge in [0.15, 0.2) is 5.82 Å². The van der Waals surface area contributed by atoms with E-state index in [4.69, 9.17) is 5.73 Å². The number of anilines is 3. The van der Waals surface area contributed by atoms with Crippen molar-refractivity contribution in [2.45, 2.75) is 0 Å². The Bertz CT molecular complexity index is 1070. The maximum absolute atomic E-state index is 6.02. The fourth-order valence-electron chi connectivity index (χ4n) is 2.75. The van der Waals surface area contributed by atoms with Crippen molar-refractivity contribution in [1.29, 1.82) is 0 Å². The van der Waals surface area contributed by atoms with Gasteiger partial charge in [-0.3, -0.25) is 3.93 Å². The van der Waals surface area contributed by atoms with Crippen molar-refractivity contribution in [3.63, 3.8) is 0 Å². The number of benzene rings is 2. The van der Waals surface area contributed by atoms with Crippen molar-refractivity contribution < 1.29 is 0 Å². The standard InChI is InChI=1S/C19H13Br2N5/c20-16-10-9-12(11-23-16)14-7-4-8-15-17(14)24-19(22)25-18(15)26(21)13-5-2-1-3-6-13/h1-11H,(H2,22,24,25). The molecule has 0 radical (unpaired) electrons. The first-order chi connectivity index (χ1) is 12.6. The SMILES string of the molecule is Nc1nc(N(Br)c2ccccc2)c2cccc(-c3ccc(Br)nc3)c2n1. The molecule has 0 spiro atoms. The molecule has 4 rings (SSSR count). The van der Waals surface area contributed by atoms with Gasteiger partial charge in [0, 0.05) is 22.7 Å². The van der Waals surface area contributed by atoms with Gasteiger partial charge in [-0.2, -0.15) is 4.98 Å². The topological polar surface area (TPSA) is 67.9 Å². The second-order valence-electron chi connectivity index (χ2n) is 5.59. The minimum atomic E-state index is 0.213. The zero-order valence-electron chi connectivity index (χ0n) is 13.5. The highest BCUT2D eigenvalue weighted by Gasteiger charge is 2.16. The van der Waals surface area contributed by atoms with Crippen molar-refractivity contribution in [3.05, 3.63) is 71.5 Å². The summed E-state index contributed by atoms with van der Waals surface area (Å²) in [4.78, 5) is 13.3. The highest BCUT2D eigenvalue weighted by atomic mass is 79.9. The van der Waals surface area contributed by atoms with E-state index in [9.17, 15) is 0 Å². The molecule has 0 aliphatic heterocycles. The van der Waals surface area contributed by atoms with Gasteiger partial charge in [0.1, 0.15) is 4.60 Å². The van der Waals surface area contributed by atoms with E-state index in [1.807, 2.05) is 64.6 Å². The van der Waals surface area contributed by atoms with Crippen LogP contribution in [0.4, 0.5) is 17.5 Å². The summed E-state index contributed by atoms with van der Waals surface area (Å²) < 4.78 is 2.61. The van der Waals surface area contributed by atoms with Gasteiger partial charge in [0.25, 0.3) is 0 Å². The first-order valence-electron chi connectivity index (χ1n) is 7.82. The Morgan fingerprint density at radius 3 is 2.42 bits per heavy atom. The Balaban J connectivity index is 1.93. The summed E-state index contributed by atoms with van der Waals surface area (Å²) >= 11 is 6.97. The molecule has 0 amide bonds. The van der Waals surface area contributed by atoms with Crippen LogP contribution < -0.4 is 9.66 Å². The lowest BCUT2D eigenvalue weighted by atomic mass is 10.0. The number of nitrogens with zero attached hydrogens (tertiary/aromatic N) is 4. The summed E-state index contributed by atoms with van der Waals surface area (Å²) in [6, 6.07) is 19.7. The van der Waals surface area contributed by atoms with E-state index < -0.39 is 0 Å². The Kier molecular flexibility index (Phi) is 4.57. The van der Waals surface area contributed by atoms with Crippen LogP contribution in [-0.4, -0.2) is 15.0 Å². The summed E-state index contributed by atoms with van der Waals surface area (Å²) in [5, 5.41) is 0.889. The summed E-state index contributed by atoms with van der Waals surface area (Å²) in [6.45, 7) is 0. The van der Waals surface area contributed by atoms with Crippen LogP contribution in [0.15, 0.2) is 71.5 Å². The van der Waals surface area contributed by atoms with E-state index in [-0.39, 0.29) is 5.95 Å². The molecule has 128 valence electrons. The normalized spacial score (nSPS) is 10.8. The molecule has 2 heterocycles. The van der Waals surface area contributed by atoms with Crippen molar-refractivity contribution in [1.82, 2.24) is 15.0 Å². The van der Waals surface area contributed by atoms with Crippen LogP contribution in [0.5, 0.6) is 0 Å². The number of pyridine rings is 1. The van der Waals surface area contributed by atoms with Crippen LogP contribution in [0.25, 0.3) is 22.0 Å². The van der Waals surface area contributed by atoms with Gasteiger partial charge in [0.2, 0.25) is 5.95 Å². The smallest absolute Gasteiger partial charge is 0.222 e. The minimum Gasteiger partial charge on any atom is -0.368 e. The lowest BCUT2D eigenvalue weighted by Crippen LogP contribution is -2.07. The molecule has 5 nitrogen and oxygen atoms in total. The van der Waals surface area contributed by atoms with E-state index in [0.29, 0.717) is 5.82 Å². The molecule has 0 bridgehead atoms. The third kappa shape index (κ3) is 3.15.